The molecule has 20 heavy (non-hydrogen) atoms. The predicted molar refractivity (Wildman–Crippen MR) is 75.1 cm³/mol. The van der Waals surface area contributed by atoms with Crippen LogP contribution in [-0.2, 0) is 14.3 Å². The zero-order valence-electron chi connectivity index (χ0n) is 11.4. The molecule has 1 saturated heterocycles. The summed E-state index contributed by atoms with van der Waals surface area (Å²) in [5.41, 5.74) is 0.219. The van der Waals surface area contributed by atoms with E-state index in [2.05, 4.69) is 5.32 Å². The van der Waals surface area contributed by atoms with Crippen LogP contribution in [-0.4, -0.2) is 17.5 Å². The average Bonchev–Trinajstić information content (AvgIpc) is 2.77. The van der Waals surface area contributed by atoms with Crippen molar-refractivity contribution < 1.29 is 14.3 Å². The smallest absolute Gasteiger partial charge is 0.307 e. The molecular weight excluding hydrogens is 254 g/mol. The topological polar surface area (TPSA) is 55.4 Å². The summed E-state index contributed by atoms with van der Waals surface area (Å²) in [7, 11) is 0. The van der Waals surface area contributed by atoms with Gasteiger partial charge in [0.1, 0.15) is 5.60 Å². The Morgan fingerprint density at radius 2 is 1.85 bits per heavy atom. The highest BCUT2D eigenvalue weighted by Crippen LogP contribution is 2.44. The van der Waals surface area contributed by atoms with E-state index in [1.807, 2.05) is 30.3 Å². The second kappa shape index (κ2) is 5.27. The number of carbonyl (C=O) groups is 2. The maximum absolute atomic E-state index is 12.5. The molecule has 0 radical (unpaired) electrons. The molecule has 0 bridgehead atoms. The number of nitrogens with one attached hydrogen (secondary N) is 1. The standard InChI is InChI=1S/C16H19NO3/c18-14-11-13(16(20-14)9-5-2-6-10-16)15(19)17-12-7-3-1-4-8-12/h1,3-4,7-8,13H,2,5-6,9-11H2,(H,17,19)/t13-/m1/s1. The lowest BCUT2D eigenvalue weighted by Gasteiger charge is -2.36. The first-order chi connectivity index (χ1) is 9.70. The Kier molecular flexibility index (Phi) is 3.47. The summed E-state index contributed by atoms with van der Waals surface area (Å²) in [5.74, 6) is -0.681. The molecule has 1 aromatic carbocycles. The lowest BCUT2D eigenvalue weighted by Crippen LogP contribution is -2.43. The molecule has 106 valence electrons. The molecule has 0 aromatic heterocycles. The highest BCUT2D eigenvalue weighted by molar-refractivity contribution is 5.97. The molecule has 1 N–H and O–H groups in total. The summed E-state index contributed by atoms with van der Waals surface area (Å²) in [5, 5.41) is 2.90. The second-order valence-corrected chi connectivity index (χ2v) is 5.71. The third-order valence-corrected chi connectivity index (χ3v) is 4.38. The van der Waals surface area contributed by atoms with Gasteiger partial charge in [-0.1, -0.05) is 24.6 Å². The molecule has 1 heterocycles. The van der Waals surface area contributed by atoms with Crippen LogP contribution in [0.2, 0.25) is 0 Å². The highest BCUT2D eigenvalue weighted by Gasteiger charge is 2.52. The fourth-order valence-electron chi connectivity index (χ4n) is 3.38. The first-order valence-electron chi connectivity index (χ1n) is 7.27. The molecule has 0 unspecified atom stereocenters. The van der Waals surface area contributed by atoms with Crippen LogP contribution in [0.5, 0.6) is 0 Å². The summed E-state index contributed by atoms with van der Waals surface area (Å²) in [6.07, 6.45) is 5.05. The van der Waals surface area contributed by atoms with Crippen molar-refractivity contribution in [1.82, 2.24) is 0 Å². The molecule has 1 aromatic rings. The van der Waals surface area contributed by atoms with Gasteiger partial charge in [0.25, 0.3) is 0 Å². The molecule has 3 rings (SSSR count). The number of para-hydroxylation sites is 1. The van der Waals surface area contributed by atoms with Gasteiger partial charge in [-0.25, -0.2) is 0 Å². The van der Waals surface area contributed by atoms with Gasteiger partial charge in [-0.15, -0.1) is 0 Å². The van der Waals surface area contributed by atoms with Crippen LogP contribution in [0, 0.1) is 5.92 Å². The largest absolute Gasteiger partial charge is 0.458 e. The van der Waals surface area contributed by atoms with E-state index < -0.39 is 5.60 Å². The zero-order valence-corrected chi connectivity index (χ0v) is 11.4. The molecule has 4 nitrogen and oxygen atoms in total. The Hall–Kier alpha value is -1.84. The second-order valence-electron chi connectivity index (χ2n) is 5.71. The summed E-state index contributed by atoms with van der Waals surface area (Å²) in [6.45, 7) is 0. The van der Waals surface area contributed by atoms with Crippen molar-refractivity contribution >= 4 is 17.6 Å². The highest BCUT2D eigenvalue weighted by atomic mass is 16.6. The normalized spacial score (nSPS) is 24.4. The van der Waals surface area contributed by atoms with Crippen LogP contribution >= 0.6 is 0 Å². The van der Waals surface area contributed by atoms with Crippen LogP contribution < -0.4 is 5.32 Å². The number of esters is 1. The van der Waals surface area contributed by atoms with Crippen molar-refractivity contribution in [3.63, 3.8) is 0 Å². The van der Waals surface area contributed by atoms with E-state index >= 15 is 0 Å². The van der Waals surface area contributed by atoms with Crippen molar-refractivity contribution in [3.05, 3.63) is 30.3 Å². The number of anilines is 1. The number of amides is 1. The van der Waals surface area contributed by atoms with Gasteiger partial charge in [0.15, 0.2) is 0 Å². The van der Waals surface area contributed by atoms with Crippen molar-refractivity contribution in [1.29, 1.82) is 0 Å². The van der Waals surface area contributed by atoms with E-state index in [0.29, 0.717) is 0 Å². The number of ether oxygens (including phenoxy) is 1. The molecule has 1 amide bonds. The minimum atomic E-state index is -0.547. The Balaban J connectivity index is 1.77. The first kappa shape index (κ1) is 13.2. The van der Waals surface area contributed by atoms with Gasteiger partial charge >= 0.3 is 5.97 Å². The maximum Gasteiger partial charge on any atom is 0.307 e. The first-order valence-corrected chi connectivity index (χ1v) is 7.27. The van der Waals surface area contributed by atoms with Gasteiger partial charge in [-0.2, -0.15) is 0 Å². The van der Waals surface area contributed by atoms with Gasteiger partial charge < -0.3 is 10.1 Å². The Bertz CT molecular complexity index is 506. The number of hydrogen-bond donors (Lipinski definition) is 1. The molecule has 1 spiro atoms. The Morgan fingerprint density at radius 1 is 1.15 bits per heavy atom. The number of rotatable bonds is 2. The van der Waals surface area contributed by atoms with E-state index in [-0.39, 0.29) is 24.2 Å². The molecule has 1 saturated carbocycles. The average molecular weight is 273 g/mol. The molecule has 2 fully saturated rings. The predicted octanol–water partition coefficient (Wildman–Crippen LogP) is 2.89. The lowest BCUT2D eigenvalue weighted by molar-refractivity contribution is -0.153. The van der Waals surface area contributed by atoms with Crippen LogP contribution in [0.3, 0.4) is 0 Å². The summed E-state index contributed by atoms with van der Waals surface area (Å²) < 4.78 is 5.56. The van der Waals surface area contributed by atoms with E-state index in [1.165, 1.54) is 0 Å². The van der Waals surface area contributed by atoms with Gasteiger partial charge in [0.05, 0.1) is 12.3 Å². The molecule has 1 atom stereocenters. The maximum atomic E-state index is 12.5. The summed E-state index contributed by atoms with van der Waals surface area (Å²) >= 11 is 0. The Morgan fingerprint density at radius 3 is 2.55 bits per heavy atom. The van der Waals surface area contributed by atoms with Crippen LogP contribution in [0.15, 0.2) is 30.3 Å². The summed E-state index contributed by atoms with van der Waals surface area (Å²) in [6, 6.07) is 9.36. The van der Waals surface area contributed by atoms with Crippen molar-refractivity contribution in [2.24, 2.45) is 5.92 Å². The van der Waals surface area contributed by atoms with Gasteiger partial charge in [0, 0.05) is 5.69 Å². The van der Waals surface area contributed by atoms with E-state index in [0.717, 1.165) is 37.8 Å². The van der Waals surface area contributed by atoms with Crippen molar-refractivity contribution in [3.8, 4) is 0 Å². The van der Waals surface area contributed by atoms with E-state index in [4.69, 9.17) is 4.74 Å². The number of hydrogen-bond acceptors (Lipinski definition) is 3. The SMILES string of the molecule is O=C1C[C@H](C(=O)Nc2ccccc2)C2(CCCCC2)O1. The fourth-order valence-corrected chi connectivity index (χ4v) is 3.38. The Labute approximate surface area is 118 Å². The van der Waals surface area contributed by atoms with E-state index in [9.17, 15) is 9.59 Å². The zero-order chi connectivity index (χ0) is 14.0. The molecule has 1 aliphatic carbocycles. The van der Waals surface area contributed by atoms with Crippen LogP contribution in [0.25, 0.3) is 0 Å². The van der Waals surface area contributed by atoms with Crippen molar-refractivity contribution in [2.75, 3.05) is 5.32 Å². The van der Waals surface area contributed by atoms with Gasteiger partial charge in [-0.05, 0) is 37.8 Å². The third kappa shape index (κ3) is 2.42. The lowest BCUT2D eigenvalue weighted by atomic mass is 9.75. The van der Waals surface area contributed by atoms with Crippen molar-refractivity contribution in [2.45, 2.75) is 44.1 Å². The van der Waals surface area contributed by atoms with Gasteiger partial charge in [0.2, 0.25) is 5.91 Å². The van der Waals surface area contributed by atoms with E-state index in [1.54, 1.807) is 0 Å². The number of benzene rings is 1. The minimum absolute atomic E-state index is 0.0936. The molecule has 4 heteroatoms. The number of carbonyl (C=O) groups excluding carboxylic acids is 2. The molecular formula is C16H19NO3. The van der Waals surface area contributed by atoms with Crippen LogP contribution in [0.4, 0.5) is 5.69 Å². The third-order valence-electron chi connectivity index (χ3n) is 4.38. The summed E-state index contributed by atoms with van der Waals surface area (Å²) in [4.78, 5) is 24.2. The van der Waals surface area contributed by atoms with Crippen LogP contribution in [0.1, 0.15) is 38.5 Å². The fraction of sp³-hybridized carbons (Fsp3) is 0.500. The quantitative estimate of drug-likeness (QED) is 0.843. The minimum Gasteiger partial charge on any atom is -0.458 e. The molecule has 2 aliphatic rings. The molecule has 1 aliphatic heterocycles. The van der Waals surface area contributed by atoms with Gasteiger partial charge in [-0.3, -0.25) is 9.59 Å². The monoisotopic (exact) mass is 273 g/mol.